The SMILES string of the molecule is CCC(C)(Oc1cccc(C(C)Nc2cc(-c3ccc4ncsc4c3)nc(C)n2)c1)C(N)=O. The van der Waals surface area contributed by atoms with Gasteiger partial charge in [-0.15, -0.1) is 11.3 Å². The molecule has 0 saturated heterocycles. The van der Waals surface area contributed by atoms with Gasteiger partial charge in [0.15, 0.2) is 5.60 Å². The molecular weight excluding hydrogens is 434 g/mol. The molecule has 0 aliphatic rings. The normalized spacial score (nSPS) is 13.9. The Morgan fingerprint density at radius 3 is 2.79 bits per heavy atom. The molecule has 0 aliphatic heterocycles. The fraction of sp³-hybridized carbons (Fsp3) is 0.280. The molecule has 0 aliphatic carbocycles. The maximum atomic E-state index is 11.8. The second-order valence-electron chi connectivity index (χ2n) is 8.21. The molecule has 0 bridgehead atoms. The maximum absolute atomic E-state index is 11.8. The van der Waals surface area contributed by atoms with Gasteiger partial charge in [-0.25, -0.2) is 15.0 Å². The van der Waals surface area contributed by atoms with Crippen LogP contribution < -0.4 is 15.8 Å². The van der Waals surface area contributed by atoms with Crippen LogP contribution in [0.5, 0.6) is 5.75 Å². The highest BCUT2D eigenvalue weighted by Gasteiger charge is 2.31. The quantitative estimate of drug-likeness (QED) is 0.371. The molecular formula is C25H27N5O2S. The van der Waals surface area contributed by atoms with Gasteiger partial charge in [-0.05, 0) is 57.0 Å². The number of nitrogens with one attached hydrogen (secondary N) is 1. The predicted octanol–water partition coefficient (Wildman–Crippen LogP) is 5.27. The molecule has 170 valence electrons. The van der Waals surface area contributed by atoms with E-state index in [9.17, 15) is 4.79 Å². The monoisotopic (exact) mass is 461 g/mol. The van der Waals surface area contributed by atoms with E-state index in [0.717, 1.165) is 32.9 Å². The van der Waals surface area contributed by atoms with Gasteiger partial charge in [0.25, 0.3) is 5.91 Å². The zero-order valence-corrected chi connectivity index (χ0v) is 19.9. The average Bonchev–Trinajstić information content (AvgIpc) is 3.26. The maximum Gasteiger partial charge on any atom is 0.261 e. The summed E-state index contributed by atoms with van der Waals surface area (Å²) in [7, 11) is 0. The molecule has 2 aromatic heterocycles. The van der Waals surface area contributed by atoms with E-state index < -0.39 is 11.5 Å². The first-order chi connectivity index (χ1) is 15.8. The van der Waals surface area contributed by atoms with Crippen LogP contribution in [0.1, 0.15) is 44.6 Å². The predicted molar refractivity (Wildman–Crippen MR) is 132 cm³/mol. The van der Waals surface area contributed by atoms with Gasteiger partial charge in [0.2, 0.25) is 0 Å². The summed E-state index contributed by atoms with van der Waals surface area (Å²) in [6.45, 7) is 7.51. The van der Waals surface area contributed by atoms with E-state index in [-0.39, 0.29) is 6.04 Å². The third kappa shape index (κ3) is 4.96. The number of ether oxygens (including phenoxy) is 1. The number of benzene rings is 2. The van der Waals surface area contributed by atoms with Gasteiger partial charge in [-0.1, -0.05) is 25.1 Å². The molecule has 2 atom stereocenters. The van der Waals surface area contributed by atoms with Gasteiger partial charge in [0.05, 0.1) is 27.5 Å². The minimum atomic E-state index is -1.05. The van der Waals surface area contributed by atoms with E-state index >= 15 is 0 Å². The summed E-state index contributed by atoms with van der Waals surface area (Å²) in [6, 6.07) is 15.7. The van der Waals surface area contributed by atoms with Crippen molar-refractivity contribution < 1.29 is 9.53 Å². The highest BCUT2D eigenvalue weighted by molar-refractivity contribution is 7.16. The van der Waals surface area contributed by atoms with Gasteiger partial charge in [-0.2, -0.15) is 0 Å². The fourth-order valence-corrected chi connectivity index (χ4v) is 4.23. The number of hydrogen-bond donors (Lipinski definition) is 2. The summed E-state index contributed by atoms with van der Waals surface area (Å²) >= 11 is 1.61. The first kappa shape index (κ1) is 22.7. The van der Waals surface area contributed by atoms with E-state index in [1.165, 1.54) is 0 Å². The van der Waals surface area contributed by atoms with Crippen molar-refractivity contribution >= 4 is 33.3 Å². The molecule has 7 nitrogen and oxygen atoms in total. The zero-order chi connectivity index (χ0) is 23.6. The number of rotatable bonds is 8. The van der Waals surface area contributed by atoms with Gasteiger partial charge in [0.1, 0.15) is 17.4 Å². The lowest BCUT2D eigenvalue weighted by Gasteiger charge is -2.26. The minimum absolute atomic E-state index is 0.0545. The number of carbonyl (C=O) groups excluding carboxylic acids is 1. The number of nitrogens with zero attached hydrogens (tertiary/aromatic N) is 3. The van der Waals surface area contributed by atoms with E-state index in [2.05, 4.69) is 26.3 Å². The van der Waals surface area contributed by atoms with Crippen LogP contribution in [-0.4, -0.2) is 26.5 Å². The van der Waals surface area contributed by atoms with Crippen LogP contribution in [0.15, 0.2) is 54.0 Å². The van der Waals surface area contributed by atoms with E-state index in [4.69, 9.17) is 10.5 Å². The summed E-state index contributed by atoms with van der Waals surface area (Å²) in [5, 5.41) is 3.46. The Hall–Kier alpha value is -3.52. The largest absolute Gasteiger partial charge is 0.478 e. The minimum Gasteiger partial charge on any atom is -0.478 e. The zero-order valence-electron chi connectivity index (χ0n) is 19.1. The number of thiazole rings is 1. The molecule has 0 radical (unpaired) electrons. The number of amides is 1. The van der Waals surface area contributed by atoms with Crippen molar-refractivity contribution in [3.63, 3.8) is 0 Å². The molecule has 2 unspecified atom stereocenters. The lowest BCUT2D eigenvalue weighted by Crippen LogP contribution is -2.45. The second kappa shape index (κ2) is 9.15. The Balaban J connectivity index is 1.56. The number of nitrogens with two attached hydrogens (primary N) is 1. The lowest BCUT2D eigenvalue weighted by atomic mass is 10.0. The highest BCUT2D eigenvalue weighted by Crippen LogP contribution is 2.29. The molecule has 8 heteroatoms. The van der Waals surface area contributed by atoms with Crippen LogP contribution in [0.25, 0.3) is 21.5 Å². The summed E-state index contributed by atoms with van der Waals surface area (Å²) in [6.07, 6.45) is 0.483. The Morgan fingerprint density at radius 1 is 1.21 bits per heavy atom. The number of aromatic nitrogens is 3. The first-order valence-electron chi connectivity index (χ1n) is 10.8. The number of aryl methyl sites for hydroxylation is 1. The highest BCUT2D eigenvalue weighted by atomic mass is 32.1. The van der Waals surface area contributed by atoms with Gasteiger partial charge in [0, 0.05) is 11.6 Å². The summed E-state index contributed by atoms with van der Waals surface area (Å²) < 4.78 is 7.07. The van der Waals surface area contributed by atoms with Crippen LogP contribution in [0.4, 0.5) is 5.82 Å². The van der Waals surface area contributed by atoms with Crippen molar-refractivity contribution in [2.75, 3.05) is 5.32 Å². The standard InChI is InChI=1S/C25H27N5O2S/c1-5-25(4,24(26)31)32-19-8-6-7-17(11-19)15(2)28-23-13-21(29-16(3)30-23)18-9-10-20-22(12-18)33-14-27-20/h6-15H,5H2,1-4H3,(H2,26,31)(H,28,29,30). The molecule has 4 aromatic rings. The lowest BCUT2D eigenvalue weighted by molar-refractivity contribution is -0.132. The number of hydrogen-bond acceptors (Lipinski definition) is 7. The topological polar surface area (TPSA) is 103 Å². The Morgan fingerprint density at radius 2 is 2.03 bits per heavy atom. The molecule has 4 rings (SSSR count). The Kier molecular flexibility index (Phi) is 6.29. The first-order valence-corrected chi connectivity index (χ1v) is 11.7. The summed E-state index contributed by atoms with van der Waals surface area (Å²) in [5.74, 6) is 1.53. The van der Waals surface area contributed by atoms with Crippen LogP contribution in [0, 0.1) is 6.92 Å². The fourth-order valence-electron chi connectivity index (χ4n) is 3.51. The molecule has 3 N–H and O–H groups in total. The van der Waals surface area contributed by atoms with Crippen LogP contribution >= 0.6 is 11.3 Å². The van der Waals surface area contributed by atoms with Gasteiger partial charge in [-0.3, -0.25) is 4.79 Å². The van der Waals surface area contributed by atoms with Gasteiger partial charge < -0.3 is 15.8 Å². The van der Waals surface area contributed by atoms with E-state index in [1.54, 1.807) is 18.3 Å². The van der Waals surface area contributed by atoms with Crippen molar-refractivity contribution in [3.8, 4) is 17.0 Å². The van der Waals surface area contributed by atoms with E-state index in [1.807, 2.05) is 68.7 Å². The third-order valence-corrected chi connectivity index (χ3v) is 6.52. The number of carbonyl (C=O) groups is 1. The van der Waals surface area contributed by atoms with Gasteiger partial charge >= 0.3 is 0 Å². The molecule has 2 heterocycles. The van der Waals surface area contributed by atoms with E-state index in [0.29, 0.717) is 18.0 Å². The molecule has 2 aromatic carbocycles. The Bertz CT molecular complexity index is 1300. The average molecular weight is 462 g/mol. The molecule has 33 heavy (non-hydrogen) atoms. The molecule has 1 amide bonds. The van der Waals surface area contributed by atoms with Crippen molar-refractivity contribution in [2.24, 2.45) is 5.73 Å². The van der Waals surface area contributed by atoms with Crippen molar-refractivity contribution in [1.29, 1.82) is 0 Å². The smallest absolute Gasteiger partial charge is 0.261 e. The molecule has 0 spiro atoms. The summed E-state index contributed by atoms with van der Waals surface area (Å²) in [5.41, 5.74) is 10.2. The number of primary amides is 1. The van der Waals surface area contributed by atoms with Crippen LogP contribution in [0.2, 0.25) is 0 Å². The van der Waals surface area contributed by atoms with Crippen LogP contribution in [0.3, 0.4) is 0 Å². The Labute approximate surface area is 197 Å². The van der Waals surface area contributed by atoms with Crippen molar-refractivity contribution in [2.45, 2.75) is 45.8 Å². The van der Waals surface area contributed by atoms with Crippen LogP contribution in [-0.2, 0) is 4.79 Å². The van der Waals surface area contributed by atoms with Crippen molar-refractivity contribution in [3.05, 3.63) is 65.4 Å². The summed E-state index contributed by atoms with van der Waals surface area (Å²) in [4.78, 5) is 25.4. The number of anilines is 1. The molecule has 0 fully saturated rings. The molecule has 0 saturated carbocycles. The second-order valence-corrected chi connectivity index (χ2v) is 9.10. The third-order valence-electron chi connectivity index (χ3n) is 5.73. The number of fused-ring (bicyclic) bond motifs is 1. The van der Waals surface area contributed by atoms with Crippen molar-refractivity contribution in [1.82, 2.24) is 15.0 Å².